The molecule has 15 heavy (non-hydrogen) atoms. The Labute approximate surface area is 93.9 Å². The van der Waals surface area contributed by atoms with Crippen molar-refractivity contribution >= 4 is 23.3 Å². The monoisotopic (exact) mass is 219 g/mol. The Morgan fingerprint density at radius 3 is 2.80 bits per heavy atom. The summed E-state index contributed by atoms with van der Waals surface area (Å²) in [6.07, 6.45) is 1.78. The average molecular weight is 219 g/mol. The Kier molecular flexibility index (Phi) is 2.44. The lowest BCUT2D eigenvalue weighted by Crippen LogP contribution is -2.27. The average Bonchev–Trinajstić information content (AvgIpc) is 2.19. The smallest absolute Gasteiger partial charge is 0.159 e. The van der Waals surface area contributed by atoms with E-state index in [1.165, 1.54) is 0 Å². The topological polar surface area (TPSA) is 21.1 Å². The minimum absolute atomic E-state index is 0.811. The van der Waals surface area contributed by atoms with Crippen LogP contribution in [-0.4, -0.2) is 23.8 Å². The molecule has 3 nitrogen and oxygen atoms in total. The third kappa shape index (κ3) is 1.61. The van der Waals surface area contributed by atoms with Crippen LogP contribution in [0.15, 0.2) is 24.4 Å². The van der Waals surface area contributed by atoms with Crippen LogP contribution in [-0.2, 0) is 0 Å². The second kappa shape index (κ2) is 3.62. The molecule has 0 atom stereocenters. The van der Waals surface area contributed by atoms with Crippen molar-refractivity contribution in [3.05, 3.63) is 34.6 Å². The number of nitrogens with zero attached hydrogens (tertiary/aromatic N) is 3. The standard InChI is InChI=1S/C11H13N3S/c1-8-7-9-5-4-6-12-10(9)14(11(8)15)13(2)3/h4-7H,1-3H3. The predicted molar refractivity (Wildman–Crippen MR) is 65.4 cm³/mol. The SMILES string of the molecule is Cc1cc2cccnc2n(N(C)C)c1=S. The van der Waals surface area contributed by atoms with Crippen molar-refractivity contribution in [1.82, 2.24) is 9.66 Å². The van der Waals surface area contributed by atoms with Gasteiger partial charge in [0, 0.05) is 25.7 Å². The highest BCUT2D eigenvalue weighted by Crippen LogP contribution is 2.15. The van der Waals surface area contributed by atoms with Crippen molar-refractivity contribution in [3.63, 3.8) is 0 Å². The summed E-state index contributed by atoms with van der Waals surface area (Å²) in [5, 5.41) is 3.06. The first kappa shape index (κ1) is 10.1. The van der Waals surface area contributed by atoms with Gasteiger partial charge in [-0.05, 0) is 30.7 Å². The molecule has 0 fully saturated rings. The molecule has 0 spiro atoms. The summed E-state index contributed by atoms with van der Waals surface area (Å²) >= 11 is 5.38. The maximum Gasteiger partial charge on any atom is 0.159 e. The van der Waals surface area contributed by atoms with Gasteiger partial charge in [-0.25, -0.2) is 9.66 Å². The van der Waals surface area contributed by atoms with E-state index in [2.05, 4.69) is 11.1 Å². The number of rotatable bonds is 1. The van der Waals surface area contributed by atoms with E-state index in [0.717, 1.165) is 21.2 Å². The minimum Gasteiger partial charge on any atom is -0.316 e. The number of aryl methyl sites for hydroxylation is 1. The van der Waals surface area contributed by atoms with Crippen LogP contribution >= 0.6 is 12.2 Å². The van der Waals surface area contributed by atoms with Crippen LogP contribution in [0.2, 0.25) is 0 Å². The highest BCUT2D eigenvalue weighted by molar-refractivity contribution is 7.71. The van der Waals surface area contributed by atoms with Gasteiger partial charge in [0.15, 0.2) is 5.65 Å². The molecule has 4 heteroatoms. The molecule has 0 bridgehead atoms. The third-order valence-corrected chi connectivity index (χ3v) is 2.81. The fraction of sp³-hybridized carbons (Fsp3) is 0.273. The Morgan fingerprint density at radius 1 is 1.40 bits per heavy atom. The van der Waals surface area contributed by atoms with Gasteiger partial charge < -0.3 is 5.01 Å². The van der Waals surface area contributed by atoms with Crippen LogP contribution in [0.5, 0.6) is 0 Å². The van der Waals surface area contributed by atoms with Gasteiger partial charge in [-0.2, -0.15) is 0 Å². The molecule has 0 saturated carbocycles. The summed E-state index contributed by atoms with van der Waals surface area (Å²) < 4.78 is 2.76. The highest BCUT2D eigenvalue weighted by atomic mass is 32.1. The van der Waals surface area contributed by atoms with E-state index < -0.39 is 0 Å². The first-order valence-corrected chi connectivity index (χ1v) is 5.17. The Hall–Kier alpha value is -1.42. The van der Waals surface area contributed by atoms with Gasteiger partial charge in [-0.15, -0.1) is 0 Å². The Balaban J connectivity index is 2.96. The molecule has 0 saturated heterocycles. The van der Waals surface area contributed by atoms with Gasteiger partial charge in [0.05, 0.1) is 0 Å². The molecule has 0 amide bonds. The molecule has 78 valence electrons. The summed E-state index contributed by atoms with van der Waals surface area (Å²) in [6, 6.07) is 6.06. The van der Waals surface area contributed by atoms with Crippen LogP contribution in [0.25, 0.3) is 11.0 Å². The summed E-state index contributed by atoms with van der Waals surface area (Å²) in [6.45, 7) is 2.02. The number of aromatic nitrogens is 2. The number of fused-ring (bicyclic) bond motifs is 1. The lowest BCUT2D eigenvalue weighted by atomic mass is 10.2. The van der Waals surface area contributed by atoms with Crippen LogP contribution < -0.4 is 5.01 Å². The summed E-state index contributed by atoms with van der Waals surface area (Å²) in [5.74, 6) is 0. The molecule has 0 aliphatic carbocycles. The second-order valence-electron chi connectivity index (χ2n) is 3.71. The van der Waals surface area contributed by atoms with Crippen molar-refractivity contribution in [1.29, 1.82) is 0 Å². The molecule has 0 N–H and O–H groups in total. The first-order valence-electron chi connectivity index (χ1n) is 4.76. The van der Waals surface area contributed by atoms with Crippen LogP contribution in [0.1, 0.15) is 5.56 Å². The molecule has 2 heterocycles. The Bertz CT molecular complexity index is 557. The molecule has 0 aliphatic rings. The molecule has 0 unspecified atom stereocenters. The van der Waals surface area contributed by atoms with Crippen LogP contribution in [0.4, 0.5) is 0 Å². The van der Waals surface area contributed by atoms with Gasteiger partial charge >= 0.3 is 0 Å². The van der Waals surface area contributed by atoms with Gasteiger partial charge in [0.2, 0.25) is 0 Å². The van der Waals surface area contributed by atoms with E-state index in [1.54, 1.807) is 6.20 Å². The van der Waals surface area contributed by atoms with Gasteiger partial charge in [-0.3, -0.25) is 0 Å². The number of hydrogen-bond acceptors (Lipinski definition) is 3. The van der Waals surface area contributed by atoms with Gasteiger partial charge in [0.25, 0.3) is 0 Å². The molecule has 2 aromatic heterocycles. The van der Waals surface area contributed by atoms with Crippen LogP contribution in [0.3, 0.4) is 0 Å². The molecular weight excluding hydrogens is 206 g/mol. The van der Waals surface area contributed by atoms with E-state index in [-0.39, 0.29) is 0 Å². The fourth-order valence-electron chi connectivity index (χ4n) is 1.63. The zero-order valence-electron chi connectivity index (χ0n) is 9.06. The van der Waals surface area contributed by atoms with Gasteiger partial charge in [0.1, 0.15) is 4.64 Å². The minimum atomic E-state index is 0.811. The van der Waals surface area contributed by atoms with E-state index in [4.69, 9.17) is 12.2 Å². The summed E-state index contributed by atoms with van der Waals surface area (Å²) in [4.78, 5) is 4.36. The van der Waals surface area contributed by atoms with Crippen molar-refractivity contribution < 1.29 is 0 Å². The molecule has 2 rings (SSSR count). The maximum absolute atomic E-state index is 5.38. The molecule has 2 aromatic rings. The maximum atomic E-state index is 5.38. The largest absolute Gasteiger partial charge is 0.316 e. The van der Waals surface area contributed by atoms with Crippen molar-refractivity contribution in [2.45, 2.75) is 6.92 Å². The van der Waals surface area contributed by atoms with E-state index in [1.807, 2.05) is 42.8 Å². The molecular formula is C11H13N3S. The Morgan fingerprint density at radius 2 is 2.13 bits per heavy atom. The van der Waals surface area contributed by atoms with E-state index in [0.29, 0.717) is 0 Å². The zero-order chi connectivity index (χ0) is 11.0. The zero-order valence-corrected chi connectivity index (χ0v) is 9.88. The predicted octanol–water partition coefficient (Wildman–Crippen LogP) is 2.27. The quantitative estimate of drug-likeness (QED) is 0.687. The normalized spacial score (nSPS) is 10.6. The third-order valence-electron chi connectivity index (χ3n) is 2.32. The lowest BCUT2D eigenvalue weighted by Gasteiger charge is -2.19. The van der Waals surface area contributed by atoms with Crippen LogP contribution in [0, 0.1) is 11.6 Å². The lowest BCUT2D eigenvalue weighted by molar-refractivity contribution is 0.732. The first-order chi connectivity index (χ1) is 7.11. The molecule has 0 aromatic carbocycles. The van der Waals surface area contributed by atoms with Crippen molar-refractivity contribution in [2.75, 3.05) is 19.1 Å². The van der Waals surface area contributed by atoms with Crippen molar-refractivity contribution in [2.24, 2.45) is 0 Å². The molecule has 0 aliphatic heterocycles. The second-order valence-corrected chi connectivity index (χ2v) is 4.09. The number of hydrogen-bond donors (Lipinski definition) is 0. The fourth-order valence-corrected chi connectivity index (χ4v) is 1.94. The van der Waals surface area contributed by atoms with E-state index in [9.17, 15) is 0 Å². The van der Waals surface area contributed by atoms with Gasteiger partial charge in [-0.1, -0.05) is 12.2 Å². The molecule has 0 radical (unpaired) electrons. The summed E-state index contributed by atoms with van der Waals surface area (Å²) in [5.41, 5.74) is 2.00. The number of pyridine rings is 2. The van der Waals surface area contributed by atoms with E-state index >= 15 is 0 Å². The van der Waals surface area contributed by atoms with Crippen molar-refractivity contribution in [3.8, 4) is 0 Å². The highest BCUT2D eigenvalue weighted by Gasteiger charge is 2.05. The summed E-state index contributed by atoms with van der Waals surface area (Å²) in [7, 11) is 3.92.